The van der Waals surface area contributed by atoms with Gasteiger partial charge in [0.2, 0.25) is 0 Å². The van der Waals surface area contributed by atoms with E-state index in [0.717, 1.165) is 6.07 Å². The van der Waals surface area contributed by atoms with E-state index in [-0.39, 0.29) is 5.56 Å². The minimum absolute atomic E-state index is 0.0640. The Hall–Kier alpha value is -1.95. The normalized spacial score (nSPS) is 14.4. The zero-order valence-electron chi connectivity index (χ0n) is 11.6. The van der Waals surface area contributed by atoms with Crippen molar-refractivity contribution >= 4 is 11.9 Å². The van der Waals surface area contributed by atoms with Crippen LogP contribution in [-0.4, -0.2) is 22.6 Å². The third kappa shape index (κ3) is 4.03. The van der Waals surface area contributed by atoms with Gasteiger partial charge in [-0.1, -0.05) is 12.1 Å². The zero-order chi connectivity index (χ0) is 15.6. The number of carbonyl (C=O) groups is 2. The predicted molar refractivity (Wildman–Crippen MR) is 70.4 cm³/mol. The van der Waals surface area contributed by atoms with Crippen molar-refractivity contribution in [2.24, 2.45) is 5.73 Å². The molecule has 0 saturated heterocycles. The van der Waals surface area contributed by atoms with Crippen LogP contribution in [0.25, 0.3) is 0 Å². The lowest BCUT2D eigenvalue weighted by Gasteiger charge is -2.30. The van der Waals surface area contributed by atoms with Crippen LogP contribution in [0.15, 0.2) is 24.3 Å². The monoisotopic (exact) mass is 283 g/mol. The summed E-state index contributed by atoms with van der Waals surface area (Å²) in [5, 5.41) is 8.95. The van der Waals surface area contributed by atoms with E-state index < -0.39 is 35.3 Å². The van der Waals surface area contributed by atoms with Crippen molar-refractivity contribution < 1.29 is 23.8 Å². The van der Waals surface area contributed by atoms with E-state index in [9.17, 15) is 14.0 Å². The number of carboxylic acid groups (broad SMARTS) is 1. The summed E-state index contributed by atoms with van der Waals surface area (Å²) in [5.74, 6) is -2.79. The predicted octanol–water partition coefficient (Wildman–Crippen LogP) is 1.80. The minimum Gasteiger partial charge on any atom is -0.481 e. The van der Waals surface area contributed by atoms with Crippen molar-refractivity contribution in [2.45, 2.75) is 38.3 Å². The molecule has 0 amide bonds. The lowest BCUT2D eigenvalue weighted by atomic mass is 9.87. The maximum absolute atomic E-state index is 13.3. The molecule has 0 heterocycles. The van der Waals surface area contributed by atoms with Crippen molar-refractivity contribution in [1.29, 1.82) is 0 Å². The van der Waals surface area contributed by atoms with Gasteiger partial charge in [-0.05, 0) is 38.5 Å². The smallest absolute Gasteiger partial charge is 0.331 e. The third-order valence-corrected chi connectivity index (χ3v) is 2.53. The second-order valence-electron chi connectivity index (χ2n) is 5.55. The molecule has 0 unspecified atom stereocenters. The number of aliphatic carboxylic acids is 1. The molecule has 1 atom stereocenters. The van der Waals surface area contributed by atoms with Gasteiger partial charge in [0.05, 0.1) is 6.42 Å². The molecule has 0 aromatic heterocycles. The summed E-state index contributed by atoms with van der Waals surface area (Å²) >= 11 is 0. The van der Waals surface area contributed by atoms with Gasteiger partial charge in [0, 0.05) is 0 Å². The number of hydrogen-bond acceptors (Lipinski definition) is 4. The molecule has 0 aliphatic rings. The number of nitrogens with two attached hydrogens (primary N) is 1. The van der Waals surface area contributed by atoms with Crippen LogP contribution < -0.4 is 5.73 Å². The first-order valence-corrected chi connectivity index (χ1v) is 6.05. The molecule has 20 heavy (non-hydrogen) atoms. The Kier molecular flexibility index (Phi) is 4.50. The van der Waals surface area contributed by atoms with E-state index in [4.69, 9.17) is 15.6 Å². The number of carbonyl (C=O) groups excluding carboxylic acids is 1. The summed E-state index contributed by atoms with van der Waals surface area (Å²) in [6.07, 6.45) is -0.689. The number of rotatable bonds is 4. The van der Waals surface area contributed by atoms with E-state index >= 15 is 0 Å². The van der Waals surface area contributed by atoms with Crippen LogP contribution in [0.2, 0.25) is 0 Å². The summed E-state index contributed by atoms with van der Waals surface area (Å²) in [6, 6.07) is 4.97. The number of ether oxygens (including phenoxy) is 1. The van der Waals surface area contributed by atoms with Gasteiger partial charge < -0.3 is 15.6 Å². The van der Waals surface area contributed by atoms with E-state index in [1.165, 1.54) is 18.2 Å². The largest absolute Gasteiger partial charge is 0.481 e. The highest BCUT2D eigenvalue weighted by Gasteiger charge is 2.42. The molecule has 0 aliphatic heterocycles. The molecule has 5 nitrogen and oxygen atoms in total. The van der Waals surface area contributed by atoms with Crippen LogP contribution in [0.4, 0.5) is 4.39 Å². The Morgan fingerprint density at radius 1 is 1.35 bits per heavy atom. The second-order valence-corrected chi connectivity index (χ2v) is 5.55. The Bertz CT molecular complexity index is 524. The average Bonchev–Trinajstić information content (AvgIpc) is 2.25. The SMILES string of the molecule is CC(C)(C)OC(=O)[C@@](N)(CC(=O)O)c1cccc(F)c1. The molecule has 6 heteroatoms. The lowest BCUT2D eigenvalue weighted by molar-refractivity contribution is -0.165. The van der Waals surface area contributed by atoms with Gasteiger partial charge >= 0.3 is 11.9 Å². The third-order valence-electron chi connectivity index (χ3n) is 2.53. The molecular formula is C14H18FNO4. The van der Waals surface area contributed by atoms with Gasteiger partial charge in [0.15, 0.2) is 5.54 Å². The number of hydrogen-bond donors (Lipinski definition) is 2. The lowest BCUT2D eigenvalue weighted by Crippen LogP contribution is -2.49. The molecule has 0 spiro atoms. The Morgan fingerprint density at radius 3 is 2.40 bits per heavy atom. The van der Waals surface area contributed by atoms with Gasteiger partial charge in [-0.2, -0.15) is 0 Å². The summed E-state index contributed by atoms with van der Waals surface area (Å²) in [6.45, 7) is 4.91. The van der Waals surface area contributed by atoms with Gasteiger partial charge in [-0.15, -0.1) is 0 Å². The highest BCUT2D eigenvalue weighted by atomic mass is 19.1. The first kappa shape index (κ1) is 16.1. The fraction of sp³-hybridized carbons (Fsp3) is 0.429. The Balaban J connectivity index is 3.22. The van der Waals surface area contributed by atoms with Gasteiger partial charge in [0.1, 0.15) is 11.4 Å². The van der Waals surface area contributed by atoms with Crippen molar-refractivity contribution in [1.82, 2.24) is 0 Å². The van der Waals surface area contributed by atoms with E-state index in [1.54, 1.807) is 20.8 Å². The minimum atomic E-state index is -1.93. The fourth-order valence-electron chi connectivity index (χ4n) is 1.67. The highest BCUT2D eigenvalue weighted by Crippen LogP contribution is 2.27. The Labute approximate surface area is 116 Å². The summed E-state index contributed by atoms with van der Waals surface area (Å²) in [7, 11) is 0. The molecule has 0 aliphatic carbocycles. The van der Waals surface area contributed by atoms with Crippen LogP contribution >= 0.6 is 0 Å². The highest BCUT2D eigenvalue weighted by molar-refractivity contribution is 5.87. The average molecular weight is 283 g/mol. The molecule has 1 aromatic rings. The van der Waals surface area contributed by atoms with Crippen LogP contribution in [0.5, 0.6) is 0 Å². The van der Waals surface area contributed by atoms with Crippen LogP contribution in [0.3, 0.4) is 0 Å². The van der Waals surface area contributed by atoms with Gasteiger partial charge in [0.25, 0.3) is 0 Å². The molecule has 3 N–H and O–H groups in total. The van der Waals surface area contributed by atoms with Crippen LogP contribution in [0.1, 0.15) is 32.8 Å². The van der Waals surface area contributed by atoms with Crippen LogP contribution in [0, 0.1) is 5.82 Å². The number of halogens is 1. The number of benzene rings is 1. The maximum atomic E-state index is 13.3. The first-order valence-electron chi connectivity index (χ1n) is 6.05. The van der Waals surface area contributed by atoms with E-state index in [0.29, 0.717) is 0 Å². The topological polar surface area (TPSA) is 89.6 Å². The molecule has 0 radical (unpaired) electrons. The van der Waals surface area contributed by atoms with E-state index in [1.807, 2.05) is 0 Å². The molecule has 0 saturated carbocycles. The van der Waals surface area contributed by atoms with Crippen molar-refractivity contribution in [3.63, 3.8) is 0 Å². The van der Waals surface area contributed by atoms with Crippen molar-refractivity contribution in [3.8, 4) is 0 Å². The summed E-state index contributed by atoms with van der Waals surface area (Å²) in [4.78, 5) is 23.2. The molecule has 1 rings (SSSR count). The Morgan fingerprint density at radius 2 is 1.95 bits per heavy atom. The quantitative estimate of drug-likeness (QED) is 0.822. The summed E-state index contributed by atoms with van der Waals surface area (Å²) in [5.41, 5.74) is 3.23. The standard InChI is InChI=1S/C14H18FNO4/c1-13(2,3)20-12(19)14(16,8-11(17)18)9-5-4-6-10(15)7-9/h4-7H,8,16H2,1-3H3,(H,17,18)/t14-/m1/s1. The van der Waals surface area contributed by atoms with Crippen molar-refractivity contribution in [2.75, 3.05) is 0 Å². The number of carboxylic acids is 1. The van der Waals surface area contributed by atoms with Gasteiger partial charge in [-0.25, -0.2) is 9.18 Å². The molecule has 110 valence electrons. The molecule has 0 fully saturated rings. The fourth-order valence-corrected chi connectivity index (χ4v) is 1.67. The zero-order valence-corrected chi connectivity index (χ0v) is 11.6. The van der Waals surface area contributed by atoms with E-state index in [2.05, 4.69) is 0 Å². The molecule has 0 bridgehead atoms. The molecular weight excluding hydrogens is 265 g/mol. The summed E-state index contributed by atoms with van der Waals surface area (Å²) < 4.78 is 18.4. The second kappa shape index (κ2) is 5.58. The number of esters is 1. The first-order chi connectivity index (χ1) is 9.04. The van der Waals surface area contributed by atoms with Gasteiger partial charge in [-0.3, -0.25) is 4.79 Å². The van der Waals surface area contributed by atoms with Crippen molar-refractivity contribution in [3.05, 3.63) is 35.6 Å². The molecule has 1 aromatic carbocycles. The maximum Gasteiger partial charge on any atom is 0.331 e. The van der Waals surface area contributed by atoms with Crippen LogP contribution in [-0.2, 0) is 19.9 Å².